The van der Waals surface area contributed by atoms with E-state index in [1.54, 1.807) is 24.3 Å². The van der Waals surface area contributed by atoms with Crippen molar-refractivity contribution in [3.63, 3.8) is 0 Å². The number of hydrogen-bond donors (Lipinski definition) is 2. The fourth-order valence-electron chi connectivity index (χ4n) is 3.81. The maximum atomic E-state index is 12.5. The highest BCUT2D eigenvalue weighted by molar-refractivity contribution is 7.90. The maximum absolute atomic E-state index is 12.5. The minimum absolute atomic E-state index is 0.0715. The largest absolute Gasteiger partial charge is 0.331 e. The predicted octanol–water partition coefficient (Wildman–Crippen LogP) is 0.0425. The van der Waals surface area contributed by atoms with Gasteiger partial charge in [0.15, 0.2) is 0 Å². The van der Waals surface area contributed by atoms with Gasteiger partial charge in [0.2, 0.25) is 5.91 Å². The summed E-state index contributed by atoms with van der Waals surface area (Å²) in [5, 5.41) is 0. The molecule has 2 aliphatic rings. The molecule has 1 saturated heterocycles. The Hall–Kier alpha value is -2.71. The standard InChI is InChI=1S/C21H24N4O3S/c26-20(25-14-12-24(13-15-25)16-17-6-2-1-3-7-17)10-11-22-21-18-8-4-5-9-19(18)29(27,28)23-21/h1-9H,10-16H2,(H,22,23)/p+1. The fourth-order valence-corrected chi connectivity index (χ4v) is 5.06. The van der Waals surface area contributed by atoms with Gasteiger partial charge in [-0.05, 0) is 12.1 Å². The Morgan fingerprint density at radius 3 is 2.48 bits per heavy atom. The summed E-state index contributed by atoms with van der Waals surface area (Å²) in [4.78, 5) is 20.5. The highest BCUT2D eigenvalue weighted by Gasteiger charge is 2.30. The van der Waals surface area contributed by atoms with E-state index in [-0.39, 0.29) is 23.8 Å². The second-order valence-electron chi connectivity index (χ2n) is 7.38. The zero-order valence-corrected chi connectivity index (χ0v) is 17.0. The quantitative estimate of drug-likeness (QED) is 0.726. The van der Waals surface area contributed by atoms with Gasteiger partial charge in [0.1, 0.15) is 12.4 Å². The smallest absolute Gasteiger partial charge is 0.263 e. The van der Waals surface area contributed by atoms with Crippen molar-refractivity contribution in [2.24, 2.45) is 4.99 Å². The summed E-state index contributed by atoms with van der Waals surface area (Å²) in [7, 11) is -3.54. The lowest BCUT2D eigenvalue weighted by atomic mass is 10.2. The van der Waals surface area contributed by atoms with Crippen molar-refractivity contribution >= 4 is 21.8 Å². The first-order chi connectivity index (χ1) is 14.0. The number of amides is 1. The predicted molar refractivity (Wildman–Crippen MR) is 110 cm³/mol. The van der Waals surface area contributed by atoms with Crippen LogP contribution in [0.15, 0.2) is 64.5 Å². The van der Waals surface area contributed by atoms with Gasteiger partial charge < -0.3 is 9.80 Å². The minimum atomic E-state index is -3.54. The minimum Gasteiger partial charge on any atom is -0.331 e. The highest BCUT2D eigenvalue weighted by Crippen LogP contribution is 2.22. The molecule has 0 spiro atoms. The van der Waals surface area contributed by atoms with Gasteiger partial charge in [0.25, 0.3) is 10.0 Å². The Kier molecular flexibility index (Phi) is 5.64. The Morgan fingerprint density at radius 1 is 1.03 bits per heavy atom. The van der Waals surface area contributed by atoms with Gasteiger partial charge in [-0.2, -0.15) is 0 Å². The Morgan fingerprint density at radius 2 is 1.72 bits per heavy atom. The molecular weight excluding hydrogens is 388 g/mol. The normalized spacial score (nSPS) is 19.7. The van der Waals surface area contributed by atoms with Crippen LogP contribution in [0, 0.1) is 0 Å². The number of quaternary nitrogens is 1. The molecular formula is C21H25N4O3S+. The second kappa shape index (κ2) is 8.34. The third-order valence-electron chi connectivity index (χ3n) is 5.38. The van der Waals surface area contributed by atoms with Crippen molar-refractivity contribution in [3.05, 3.63) is 65.7 Å². The number of benzene rings is 2. The number of aliphatic imine (C=N–C) groups is 1. The van der Waals surface area contributed by atoms with Crippen molar-refractivity contribution in [2.45, 2.75) is 17.9 Å². The van der Waals surface area contributed by atoms with E-state index >= 15 is 0 Å². The monoisotopic (exact) mass is 413 g/mol. The van der Waals surface area contributed by atoms with E-state index in [1.165, 1.54) is 10.5 Å². The second-order valence-corrected chi connectivity index (χ2v) is 9.03. The number of carbonyl (C=O) groups excluding carboxylic acids is 1. The molecule has 0 radical (unpaired) electrons. The summed E-state index contributed by atoms with van der Waals surface area (Å²) in [5.41, 5.74) is 1.88. The number of nitrogens with zero attached hydrogens (tertiary/aromatic N) is 2. The van der Waals surface area contributed by atoms with Crippen molar-refractivity contribution in [1.29, 1.82) is 0 Å². The molecule has 4 rings (SSSR count). The van der Waals surface area contributed by atoms with Crippen LogP contribution in [-0.4, -0.2) is 57.8 Å². The van der Waals surface area contributed by atoms with Gasteiger partial charge in [-0.3, -0.25) is 14.5 Å². The van der Waals surface area contributed by atoms with Crippen molar-refractivity contribution in [2.75, 3.05) is 32.7 Å². The summed E-state index contributed by atoms with van der Waals surface area (Å²) in [6, 6.07) is 17.2. The van der Waals surface area contributed by atoms with E-state index < -0.39 is 10.0 Å². The topological polar surface area (TPSA) is 83.3 Å². The zero-order chi connectivity index (χ0) is 20.3. The maximum Gasteiger partial charge on any atom is 0.263 e. The molecule has 2 heterocycles. The molecule has 8 heteroatoms. The number of fused-ring (bicyclic) bond motifs is 1. The summed E-state index contributed by atoms with van der Waals surface area (Å²) < 4.78 is 26.7. The lowest BCUT2D eigenvalue weighted by Crippen LogP contribution is -3.13. The molecule has 1 amide bonds. The molecule has 2 aliphatic heterocycles. The number of hydrogen-bond acceptors (Lipinski definition) is 4. The van der Waals surface area contributed by atoms with Crippen molar-refractivity contribution < 1.29 is 18.1 Å². The van der Waals surface area contributed by atoms with E-state index in [4.69, 9.17) is 0 Å². The van der Waals surface area contributed by atoms with Gasteiger partial charge in [0.05, 0.1) is 37.6 Å². The van der Waals surface area contributed by atoms with Gasteiger partial charge >= 0.3 is 0 Å². The number of nitrogens with one attached hydrogen (secondary N) is 2. The molecule has 29 heavy (non-hydrogen) atoms. The van der Waals surface area contributed by atoms with Crippen LogP contribution in [0.2, 0.25) is 0 Å². The van der Waals surface area contributed by atoms with E-state index in [9.17, 15) is 13.2 Å². The molecule has 152 valence electrons. The van der Waals surface area contributed by atoms with E-state index in [1.807, 2.05) is 11.0 Å². The molecule has 0 aromatic heterocycles. The van der Waals surface area contributed by atoms with Gasteiger partial charge in [0, 0.05) is 17.5 Å². The first-order valence-corrected chi connectivity index (χ1v) is 11.3. The van der Waals surface area contributed by atoms with Crippen LogP contribution in [0.25, 0.3) is 0 Å². The molecule has 0 bridgehead atoms. The average molecular weight is 414 g/mol. The van der Waals surface area contributed by atoms with Gasteiger partial charge in [-0.1, -0.05) is 42.5 Å². The molecule has 0 unspecified atom stereocenters. The number of piperazine rings is 1. The Bertz CT molecular complexity index is 1010. The molecule has 0 atom stereocenters. The number of rotatable bonds is 5. The number of carbonyl (C=O) groups is 1. The number of amidine groups is 1. The van der Waals surface area contributed by atoms with Crippen LogP contribution in [-0.2, 0) is 21.4 Å². The molecule has 0 saturated carbocycles. The molecule has 1 fully saturated rings. The summed E-state index contributed by atoms with van der Waals surface area (Å²) in [6.45, 7) is 4.60. The molecule has 7 nitrogen and oxygen atoms in total. The Labute approximate surface area is 171 Å². The first kappa shape index (κ1) is 19.6. The fraction of sp³-hybridized carbons (Fsp3) is 0.333. The number of sulfonamides is 1. The van der Waals surface area contributed by atoms with Crippen LogP contribution in [0.4, 0.5) is 0 Å². The van der Waals surface area contributed by atoms with Crippen molar-refractivity contribution in [1.82, 2.24) is 9.62 Å². The zero-order valence-electron chi connectivity index (χ0n) is 16.2. The van der Waals surface area contributed by atoms with Crippen LogP contribution in [0.1, 0.15) is 17.5 Å². The third kappa shape index (κ3) is 4.49. The molecule has 2 aromatic carbocycles. The SMILES string of the molecule is O=C(CCN=C1NS(=O)(=O)c2ccccc21)N1CC[NH+](Cc2ccccc2)CC1. The van der Waals surface area contributed by atoms with Crippen LogP contribution in [0.3, 0.4) is 0 Å². The lowest BCUT2D eigenvalue weighted by molar-refractivity contribution is -0.917. The summed E-state index contributed by atoms with van der Waals surface area (Å²) in [5.74, 6) is 0.396. The average Bonchev–Trinajstić information content (AvgIpc) is 3.00. The summed E-state index contributed by atoms with van der Waals surface area (Å²) >= 11 is 0. The lowest BCUT2D eigenvalue weighted by Gasteiger charge is -2.32. The first-order valence-electron chi connectivity index (χ1n) is 9.85. The van der Waals surface area contributed by atoms with Crippen LogP contribution >= 0.6 is 0 Å². The summed E-state index contributed by atoms with van der Waals surface area (Å²) in [6.07, 6.45) is 0.279. The molecule has 2 aromatic rings. The third-order valence-corrected chi connectivity index (χ3v) is 6.78. The Balaban J connectivity index is 1.28. The van der Waals surface area contributed by atoms with Gasteiger partial charge in [-0.25, -0.2) is 8.42 Å². The van der Waals surface area contributed by atoms with Crippen LogP contribution in [0.5, 0.6) is 0 Å². The van der Waals surface area contributed by atoms with Gasteiger partial charge in [-0.15, -0.1) is 0 Å². The molecule has 2 N–H and O–H groups in total. The highest BCUT2D eigenvalue weighted by atomic mass is 32.2. The van der Waals surface area contributed by atoms with E-state index in [2.05, 4.69) is 34.0 Å². The van der Waals surface area contributed by atoms with E-state index in [0.29, 0.717) is 11.4 Å². The molecule has 0 aliphatic carbocycles. The van der Waals surface area contributed by atoms with Crippen molar-refractivity contribution in [3.8, 4) is 0 Å². The van der Waals surface area contributed by atoms with E-state index in [0.717, 1.165) is 32.7 Å². The van der Waals surface area contributed by atoms with Crippen LogP contribution < -0.4 is 9.62 Å².